The Morgan fingerprint density at radius 3 is 3.00 bits per heavy atom. The number of fused-ring (bicyclic) bond motifs is 2. The van der Waals surface area contributed by atoms with Crippen LogP contribution in [-0.4, -0.2) is 17.1 Å². The van der Waals surface area contributed by atoms with Crippen LogP contribution in [0.15, 0.2) is 18.2 Å². The van der Waals surface area contributed by atoms with E-state index in [1.165, 1.54) is 6.07 Å². The molecule has 0 saturated heterocycles. The number of carboxylic acids is 1. The van der Waals surface area contributed by atoms with Gasteiger partial charge in [-0.25, -0.2) is 4.39 Å². The van der Waals surface area contributed by atoms with Gasteiger partial charge in [0.25, 0.3) is 0 Å². The summed E-state index contributed by atoms with van der Waals surface area (Å²) < 4.78 is 13.7. The molecular weight excluding hydrogens is 221 g/mol. The third-order valence-corrected chi connectivity index (χ3v) is 3.97. The summed E-state index contributed by atoms with van der Waals surface area (Å²) in [6, 6.07) is 4.79. The van der Waals surface area contributed by atoms with Crippen LogP contribution < -0.4 is 5.32 Å². The van der Waals surface area contributed by atoms with Gasteiger partial charge in [-0.05, 0) is 30.4 Å². The van der Waals surface area contributed by atoms with E-state index in [1.54, 1.807) is 12.1 Å². The largest absolute Gasteiger partial charge is 0.481 e. The summed E-state index contributed by atoms with van der Waals surface area (Å²) in [4.78, 5) is 11.4. The lowest BCUT2D eigenvalue weighted by Gasteiger charge is -2.34. The minimum atomic E-state index is -0.838. The summed E-state index contributed by atoms with van der Waals surface area (Å²) in [5, 5.41) is 12.5. The minimum absolute atomic E-state index is 0.0989. The highest BCUT2D eigenvalue weighted by Gasteiger charge is 2.43. The van der Waals surface area contributed by atoms with Crippen LogP contribution in [0.3, 0.4) is 0 Å². The van der Waals surface area contributed by atoms with Crippen LogP contribution in [0.25, 0.3) is 0 Å². The first-order valence-corrected chi connectivity index (χ1v) is 5.96. The summed E-state index contributed by atoms with van der Waals surface area (Å²) in [5.41, 5.74) is 0.990. The van der Waals surface area contributed by atoms with Crippen LogP contribution in [-0.2, 0) is 4.79 Å². The smallest absolute Gasteiger partial charge is 0.311 e. The van der Waals surface area contributed by atoms with E-state index in [2.05, 4.69) is 5.32 Å². The molecule has 3 rings (SSSR count). The van der Waals surface area contributed by atoms with Crippen LogP contribution in [0.5, 0.6) is 0 Å². The Hall–Kier alpha value is -1.58. The van der Waals surface area contributed by atoms with Gasteiger partial charge in [0, 0.05) is 6.04 Å². The fraction of sp³-hybridized carbons (Fsp3) is 0.462. The second kappa shape index (κ2) is 3.72. The first-order valence-electron chi connectivity index (χ1n) is 5.96. The molecule has 0 spiro atoms. The van der Waals surface area contributed by atoms with Gasteiger partial charge in [0.15, 0.2) is 0 Å². The van der Waals surface area contributed by atoms with E-state index in [4.69, 9.17) is 0 Å². The van der Waals surface area contributed by atoms with E-state index in [0.29, 0.717) is 11.3 Å². The monoisotopic (exact) mass is 235 g/mol. The first kappa shape index (κ1) is 10.6. The Morgan fingerprint density at radius 2 is 2.24 bits per heavy atom. The Bertz CT molecular complexity index is 474. The van der Waals surface area contributed by atoms with E-state index in [1.807, 2.05) is 0 Å². The molecule has 1 heterocycles. The molecule has 0 bridgehead atoms. The molecule has 2 N–H and O–H groups in total. The second-order valence-corrected chi connectivity index (χ2v) is 4.87. The first-order chi connectivity index (χ1) is 8.18. The number of carbonyl (C=O) groups is 1. The van der Waals surface area contributed by atoms with Crippen LogP contribution in [0.2, 0.25) is 0 Å². The summed E-state index contributed by atoms with van der Waals surface area (Å²) in [7, 11) is 0. The average molecular weight is 235 g/mol. The molecule has 1 fully saturated rings. The molecule has 1 aliphatic heterocycles. The van der Waals surface area contributed by atoms with Crippen molar-refractivity contribution in [3.63, 3.8) is 0 Å². The number of hydrogen-bond donors (Lipinski definition) is 2. The maximum Gasteiger partial charge on any atom is 0.311 e. The molecule has 0 aromatic heterocycles. The number of anilines is 1. The maximum absolute atomic E-state index is 13.7. The van der Waals surface area contributed by atoms with Crippen molar-refractivity contribution in [1.82, 2.24) is 0 Å². The Kier molecular flexibility index (Phi) is 2.31. The van der Waals surface area contributed by atoms with E-state index in [0.717, 1.165) is 19.3 Å². The Labute approximate surface area is 98.6 Å². The number of hydrogen-bond acceptors (Lipinski definition) is 2. The second-order valence-electron chi connectivity index (χ2n) is 4.87. The Balaban J connectivity index is 2.13. The fourth-order valence-electron chi connectivity index (χ4n) is 3.25. The summed E-state index contributed by atoms with van der Waals surface area (Å²) >= 11 is 0. The quantitative estimate of drug-likeness (QED) is 0.786. The molecule has 2 aliphatic rings. The lowest BCUT2D eigenvalue weighted by Crippen LogP contribution is -2.37. The van der Waals surface area contributed by atoms with Gasteiger partial charge in [0.2, 0.25) is 0 Å². The lowest BCUT2D eigenvalue weighted by atomic mass is 9.79. The lowest BCUT2D eigenvalue weighted by molar-refractivity contribution is -0.140. The van der Waals surface area contributed by atoms with Crippen molar-refractivity contribution in [3.8, 4) is 0 Å². The topological polar surface area (TPSA) is 49.3 Å². The summed E-state index contributed by atoms with van der Waals surface area (Å²) in [6.45, 7) is 0. The molecule has 4 heteroatoms. The number of rotatable bonds is 1. The van der Waals surface area contributed by atoms with Gasteiger partial charge >= 0.3 is 5.97 Å². The third kappa shape index (κ3) is 1.51. The predicted octanol–water partition coefficient (Wildman–Crippen LogP) is 2.59. The molecule has 1 aromatic carbocycles. The van der Waals surface area contributed by atoms with Crippen LogP contribution >= 0.6 is 0 Å². The van der Waals surface area contributed by atoms with Gasteiger partial charge in [-0.3, -0.25) is 4.79 Å². The van der Waals surface area contributed by atoms with Crippen molar-refractivity contribution < 1.29 is 14.3 Å². The molecule has 3 unspecified atom stereocenters. The molecule has 90 valence electrons. The molecule has 1 aromatic rings. The van der Waals surface area contributed by atoms with Gasteiger partial charge in [-0.15, -0.1) is 0 Å². The zero-order valence-corrected chi connectivity index (χ0v) is 9.32. The number of carboxylic acid groups (broad SMARTS) is 1. The fourth-order valence-corrected chi connectivity index (χ4v) is 3.25. The van der Waals surface area contributed by atoms with Crippen molar-refractivity contribution in [2.75, 3.05) is 5.32 Å². The highest BCUT2D eigenvalue weighted by molar-refractivity contribution is 5.81. The molecule has 17 heavy (non-hydrogen) atoms. The van der Waals surface area contributed by atoms with E-state index in [9.17, 15) is 14.3 Å². The number of para-hydroxylation sites is 1. The van der Waals surface area contributed by atoms with Crippen molar-refractivity contribution in [3.05, 3.63) is 29.6 Å². The summed E-state index contributed by atoms with van der Waals surface area (Å²) in [5.74, 6) is -1.65. The van der Waals surface area contributed by atoms with Gasteiger partial charge < -0.3 is 10.4 Å². The molecule has 3 atom stereocenters. The van der Waals surface area contributed by atoms with Gasteiger partial charge in [0.05, 0.1) is 11.6 Å². The SMILES string of the molecule is O=C(O)C1c2cccc(F)c2NC2CCCC21. The van der Waals surface area contributed by atoms with Crippen LogP contribution in [0.4, 0.5) is 10.1 Å². The summed E-state index contributed by atoms with van der Waals surface area (Å²) in [6.07, 6.45) is 2.86. The number of nitrogens with one attached hydrogen (secondary N) is 1. The highest BCUT2D eigenvalue weighted by atomic mass is 19.1. The van der Waals surface area contributed by atoms with E-state index in [-0.39, 0.29) is 17.8 Å². The highest BCUT2D eigenvalue weighted by Crippen LogP contribution is 2.46. The van der Waals surface area contributed by atoms with Crippen molar-refractivity contribution in [1.29, 1.82) is 0 Å². The molecule has 0 radical (unpaired) electrons. The average Bonchev–Trinajstić information content (AvgIpc) is 2.74. The zero-order chi connectivity index (χ0) is 12.0. The molecule has 1 saturated carbocycles. The van der Waals surface area contributed by atoms with Crippen LogP contribution in [0.1, 0.15) is 30.7 Å². The number of halogens is 1. The van der Waals surface area contributed by atoms with Crippen molar-refractivity contribution in [2.45, 2.75) is 31.2 Å². The number of benzene rings is 1. The van der Waals surface area contributed by atoms with E-state index >= 15 is 0 Å². The molecule has 1 aliphatic carbocycles. The third-order valence-electron chi connectivity index (χ3n) is 3.97. The molecule has 0 amide bonds. The minimum Gasteiger partial charge on any atom is -0.481 e. The van der Waals surface area contributed by atoms with Gasteiger partial charge in [-0.1, -0.05) is 18.6 Å². The van der Waals surface area contributed by atoms with Crippen molar-refractivity contribution >= 4 is 11.7 Å². The predicted molar refractivity (Wildman–Crippen MR) is 61.5 cm³/mol. The number of aliphatic carboxylic acids is 1. The standard InChI is InChI=1S/C13H14FNO2/c14-9-5-1-4-8-11(13(16)17)7-3-2-6-10(7)15-12(8)9/h1,4-5,7,10-11,15H,2-3,6H2,(H,16,17). The normalized spacial score (nSPS) is 30.3. The van der Waals surface area contributed by atoms with Gasteiger partial charge in [-0.2, -0.15) is 0 Å². The molecular formula is C13H14FNO2. The van der Waals surface area contributed by atoms with Gasteiger partial charge in [0.1, 0.15) is 5.82 Å². The van der Waals surface area contributed by atoms with Crippen molar-refractivity contribution in [2.24, 2.45) is 5.92 Å². The Morgan fingerprint density at radius 1 is 1.41 bits per heavy atom. The van der Waals surface area contributed by atoms with E-state index < -0.39 is 11.9 Å². The molecule has 3 nitrogen and oxygen atoms in total. The zero-order valence-electron chi connectivity index (χ0n) is 9.32. The maximum atomic E-state index is 13.7. The van der Waals surface area contributed by atoms with Crippen LogP contribution in [0, 0.1) is 11.7 Å².